The molecule has 2 bridgehead atoms. The van der Waals surface area contributed by atoms with E-state index in [2.05, 4.69) is 60.9 Å². The fraction of sp³-hybridized carbons (Fsp3) is 0.486. The minimum absolute atomic E-state index is 0.190. The van der Waals surface area contributed by atoms with E-state index in [0.29, 0.717) is 29.0 Å². The smallest absolute Gasteiger partial charge is 0.339 e. The van der Waals surface area contributed by atoms with E-state index in [1.54, 1.807) is 6.07 Å². The van der Waals surface area contributed by atoms with E-state index in [1.807, 2.05) is 42.5 Å². The summed E-state index contributed by atoms with van der Waals surface area (Å²) in [5.74, 6) is 2.50. The third-order valence-electron chi connectivity index (χ3n) is 10.9. The van der Waals surface area contributed by atoms with Crippen LogP contribution in [-0.2, 0) is 6.42 Å². The van der Waals surface area contributed by atoms with Gasteiger partial charge in [-0.15, -0.1) is 0 Å². The molecule has 1 heterocycles. The summed E-state index contributed by atoms with van der Waals surface area (Å²) < 4.78 is 6.05. The maximum absolute atomic E-state index is 11.9. The molecule has 7 rings (SSSR count). The molecule has 4 fully saturated rings. The largest absolute Gasteiger partial charge is 0.478 e. The van der Waals surface area contributed by atoms with Crippen LogP contribution in [0.25, 0.3) is 0 Å². The number of carbonyl (C=O) groups is 1. The Kier molecular flexibility index (Phi) is 8.31. The van der Waals surface area contributed by atoms with Gasteiger partial charge >= 0.3 is 5.97 Å². The van der Waals surface area contributed by atoms with Gasteiger partial charge in [0.05, 0.1) is 0 Å². The lowest BCUT2D eigenvalue weighted by Crippen LogP contribution is -2.63. The number of aryl methyl sites for hydroxylation is 1. The Morgan fingerprint density at radius 1 is 0.976 bits per heavy atom. The average molecular weight is 567 g/mol. The molecule has 5 nitrogen and oxygen atoms in total. The van der Waals surface area contributed by atoms with Crippen molar-refractivity contribution in [2.75, 3.05) is 24.5 Å². The van der Waals surface area contributed by atoms with E-state index in [0.717, 1.165) is 62.3 Å². The Bertz CT molecular complexity index is 1350. The summed E-state index contributed by atoms with van der Waals surface area (Å²) in [6.45, 7) is 10.6. The Morgan fingerprint density at radius 3 is 2.31 bits per heavy atom. The third kappa shape index (κ3) is 5.81. The maximum atomic E-state index is 11.9. The van der Waals surface area contributed by atoms with Crippen molar-refractivity contribution in [2.24, 2.45) is 23.2 Å². The first-order chi connectivity index (χ1) is 20.3. The van der Waals surface area contributed by atoms with Crippen molar-refractivity contribution in [3.8, 4) is 11.5 Å². The molecule has 1 N–H and O–H groups in total. The van der Waals surface area contributed by atoms with Gasteiger partial charge in [0.2, 0.25) is 0 Å². The fourth-order valence-corrected chi connectivity index (χ4v) is 8.33. The summed E-state index contributed by atoms with van der Waals surface area (Å²) in [5, 5.41) is 9.78. The van der Waals surface area contributed by atoms with E-state index in [9.17, 15) is 9.90 Å². The van der Waals surface area contributed by atoms with Gasteiger partial charge in [0.1, 0.15) is 17.1 Å². The van der Waals surface area contributed by atoms with Crippen molar-refractivity contribution in [1.29, 1.82) is 0 Å². The van der Waals surface area contributed by atoms with Crippen molar-refractivity contribution in [3.63, 3.8) is 0 Å². The molecule has 1 saturated heterocycles. The van der Waals surface area contributed by atoms with Crippen molar-refractivity contribution >= 4 is 11.7 Å². The molecular formula is C37H46N2O3. The normalized spacial score (nSPS) is 25.2. The fourth-order valence-electron chi connectivity index (χ4n) is 8.33. The summed E-state index contributed by atoms with van der Waals surface area (Å²) >= 11 is 0. The molecule has 1 aliphatic heterocycles. The van der Waals surface area contributed by atoms with Crippen molar-refractivity contribution in [3.05, 3.63) is 90.0 Å². The molecule has 0 radical (unpaired) electrons. The predicted molar refractivity (Wildman–Crippen MR) is 170 cm³/mol. The number of hydrogen-bond acceptors (Lipinski definition) is 4. The first kappa shape index (κ1) is 28.8. The summed E-state index contributed by atoms with van der Waals surface area (Å²) in [6, 6.07) is 27.2. The van der Waals surface area contributed by atoms with Gasteiger partial charge in [-0.1, -0.05) is 69.3 Å². The van der Waals surface area contributed by atoms with Crippen LogP contribution in [-0.4, -0.2) is 47.7 Å². The third-order valence-corrected chi connectivity index (χ3v) is 10.9. The zero-order valence-corrected chi connectivity index (χ0v) is 25.4. The van der Waals surface area contributed by atoms with Gasteiger partial charge in [-0.3, -0.25) is 4.90 Å². The first-order valence-corrected chi connectivity index (χ1v) is 16.0. The van der Waals surface area contributed by atoms with Gasteiger partial charge < -0.3 is 14.7 Å². The minimum atomic E-state index is -0.972. The molecule has 4 atom stereocenters. The Labute approximate surface area is 251 Å². The lowest BCUT2D eigenvalue weighted by Gasteiger charge is -2.64. The zero-order chi connectivity index (χ0) is 29.3. The highest BCUT2D eigenvalue weighted by atomic mass is 16.5. The van der Waals surface area contributed by atoms with E-state index >= 15 is 0 Å². The quantitative estimate of drug-likeness (QED) is 0.268. The van der Waals surface area contributed by atoms with Crippen LogP contribution in [0.3, 0.4) is 0 Å². The van der Waals surface area contributed by atoms with Crippen LogP contribution in [0.15, 0.2) is 78.9 Å². The van der Waals surface area contributed by atoms with Crippen molar-refractivity contribution in [2.45, 2.75) is 71.4 Å². The number of piperidine rings is 1. The first-order valence-electron chi connectivity index (χ1n) is 16.0. The van der Waals surface area contributed by atoms with Crippen molar-refractivity contribution in [1.82, 2.24) is 4.90 Å². The van der Waals surface area contributed by atoms with Crippen LogP contribution < -0.4 is 9.64 Å². The van der Waals surface area contributed by atoms with E-state index in [-0.39, 0.29) is 5.56 Å². The standard InChI is InChI=1S/C37H46N2O3/c1-26-33-23-28(37(33,2)3)24-34(26)39(20-10-13-27-11-6-4-7-12-27)29-18-21-38(22-19-29)30-16-17-32(36(40)41)35(25-30)42-31-14-8-5-9-15-31/h4-9,11-12,14-17,25-26,28-29,33-34H,10,13,18-24H2,1-3H3,(H,40,41)/t26-,28+,33-,34-/m1/s1. The molecule has 0 amide bonds. The lowest BCUT2D eigenvalue weighted by molar-refractivity contribution is -0.145. The van der Waals surface area contributed by atoms with Gasteiger partial charge in [0.15, 0.2) is 0 Å². The van der Waals surface area contributed by atoms with E-state index in [1.165, 1.54) is 24.8 Å². The van der Waals surface area contributed by atoms with Crippen molar-refractivity contribution < 1.29 is 14.6 Å². The molecule has 5 heteroatoms. The number of fused-ring (bicyclic) bond motifs is 2. The van der Waals surface area contributed by atoms with E-state index in [4.69, 9.17) is 4.74 Å². The number of anilines is 1. The second kappa shape index (κ2) is 12.1. The second-order valence-electron chi connectivity index (χ2n) is 13.5. The van der Waals surface area contributed by atoms with Crippen LogP contribution in [0, 0.1) is 23.2 Å². The number of ether oxygens (including phenoxy) is 1. The molecule has 4 aliphatic rings. The molecule has 3 aromatic rings. The number of hydrogen-bond donors (Lipinski definition) is 1. The van der Waals surface area contributed by atoms with Gasteiger partial charge in [0, 0.05) is 36.9 Å². The topological polar surface area (TPSA) is 53.0 Å². The SMILES string of the molecule is C[C@H]1[C@H](N(CCCc2ccccc2)C2CCN(c3ccc(C(=O)O)c(Oc4ccccc4)c3)CC2)C[C@@H]2C[C@H]1C2(C)C. The molecular weight excluding hydrogens is 520 g/mol. The molecule has 222 valence electrons. The number of benzene rings is 3. The number of para-hydroxylation sites is 1. The highest BCUT2D eigenvalue weighted by molar-refractivity contribution is 5.91. The van der Waals surface area contributed by atoms with Crippen LogP contribution in [0.2, 0.25) is 0 Å². The van der Waals surface area contributed by atoms with Crippen LogP contribution in [0.1, 0.15) is 68.8 Å². The molecule has 0 spiro atoms. The summed E-state index contributed by atoms with van der Waals surface area (Å²) in [6.07, 6.45) is 7.35. The Hall–Kier alpha value is -3.31. The zero-order valence-electron chi connectivity index (χ0n) is 25.4. The van der Waals surface area contributed by atoms with Gasteiger partial charge in [-0.2, -0.15) is 0 Å². The van der Waals surface area contributed by atoms with Crippen LogP contribution in [0.4, 0.5) is 5.69 Å². The molecule has 3 aromatic carbocycles. The highest BCUT2D eigenvalue weighted by Crippen LogP contribution is 2.62. The van der Waals surface area contributed by atoms with Gasteiger partial charge in [-0.25, -0.2) is 4.79 Å². The molecule has 42 heavy (non-hydrogen) atoms. The molecule has 3 saturated carbocycles. The maximum Gasteiger partial charge on any atom is 0.339 e. The molecule has 0 aromatic heterocycles. The number of nitrogens with zero attached hydrogens (tertiary/aromatic N) is 2. The Balaban J connectivity index is 1.15. The molecule has 3 aliphatic carbocycles. The van der Waals surface area contributed by atoms with Gasteiger partial charge in [-0.05, 0) is 98.1 Å². The number of carboxylic acids is 1. The lowest BCUT2D eigenvalue weighted by atomic mass is 9.44. The number of rotatable bonds is 10. The highest BCUT2D eigenvalue weighted by Gasteiger charge is 2.57. The average Bonchev–Trinajstić information content (AvgIpc) is 3.00. The number of aromatic carboxylic acids is 1. The van der Waals surface area contributed by atoms with Crippen LogP contribution >= 0.6 is 0 Å². The van der Waals surface area contributed by atoms with Crippen LogP contribution in [0.5, 0.6) is 11.5 Å². The summed E-state index contributed by atoms with van der Waals surface area (Å²) in [5.41, 5.74) is 3.16. The Morgan fingerprint density at radius 2 is 1.67 bits per heavy atom. The van der Waals surface area contributed by atoms with E-state index < -0.39 is 5.97 Å². The molecule has 0 unspecified atom stereocenters. The monoisotopic (exact) mass is 566 g/mol. The summed E-state index contributed by atoms with van der Waals surface area (Å²) in [7, 11) is 0. The summed E-state index contributed by atoms with van der Waals surface area (Å²) in [4.78, 5) is 17.3. The second-order valence-corrected chi connectivity index (χ2v) is 13.5. The number of carboxylic acid groups (broad SMARTS) is 1. The van der Waals surface area contributed by atoms with Gasteiger partial charge in [0.25, 0.3) is 0 Å². The predicted octanol–water partition coefficient (Wildman–Crippen LogP) is 8.15. The minimum Gasteiger partial charge on any atom is -0.478 e.